The van der Waals surface area contributed by atoms with E-state index < -0.39 is 6.04 Å². The molecule has 1 aromatic heterocycles. The van der Waals surface area contributed by atoms with Crippen molar-refractivity contribution in [1.29, 1.82) is 0 Å². The lowest BCUT2D eigenvalue weighted by molar-refractivity contribution is -0.159. The maximum Gasteiger partial charge on any atom is 0.335 e. The predicted octanol–water partition coefficient (Wildman–Crippen LogP) is 5.97. The van der Waals surface area contributed by atoms with Gasteiger partial charge in [-0.1, -0.05) is 39.3 Å². The minimum Gasteiger partial charge on any atom is -0.461 e. The first-order chi connectivity index (χ1) is 16.6. The van der Waals surface area contributed by atoms with Crippen molar-refractivity contribution in [3.63, 3.8) is 0 Å². The molecule has 5 rings (SSSR count). The van der Waals surface area contributed by atoms with Crippen molar-refractivity contribution in [2.45, 2.75) is 104 Å². The first-order valence-corrected chi connectivity index (χ1v) is 13.9. The highest BCUT2D eigenvalue weighted by Crippen LogP contribution is 2.67. The minimum absolute atomic E-state index is 0.0204. The second-order valence-corrected chi connectivity index (χ2v) is 12.9. The highest BCUT2D eigenvalue weighted by molar-refractivity contribution is 5.75. The number of ether oxygens (including phenoxy) is 1. The molecule has 0 amide bonds. The maximum atomic E-state index is 12.6. The van der Waals surface area contributed by atoms with Gasteiger partial charge in [-0.05, 0) is 110 Å². The molecule has 0 spiro atoms. The summed E-state index contributed by atoms with van der Waals surface area (Å²) in [6, 6.07) is 3.03. The molecule has 0 bridgehead atoms. The van der Waals surface area contributed by atoms with Gasteiger partial charge in [0.2, 0.25) is 0 Å². The van der Waals surface area contributed by atoms with E-state index in [2.05, 4.69) is 33.8 Å². The van der Waals surface area contributed by atoms with Crippen molar-refractivity contribution < 1.29 is 13.9 Å². The Labute approximate surface area is 209 Å². The molecular formula is C30H43NO4. The van der Waals surface area contributed by atoms with E-state index in [1.54, 1.807) is 17.9 Å². The number of carbonyl (C=O) groups excluding carboxylic acids is 1. The first kappa shape index (κ1) is 24.8. The van der Waals surface area contributed by atoms with Crippen LogP contribution in [0.3, 0.4) is 0 Å². The molecule has 1 heterocycles. The van der Waals surface area contributed by atoms with Crippen LogP contribution in [-0.4, -0.2) is 18.1 Å². The Kier molecular flexibility index (Phi) is 6.52. The summed E-state index contributed by atoms with van der Waals surface area (Å²) in [7, 11) is 0. The summed E-state index contributed by atoms with van der Waals surface area (Å²) in [6.45, 7) is 9.15. The zero-order valence-corrected chi connectivity index (χ0v) is 21.9. The van der Waals surface area contributed by atoms with E-state index in [1.165, 1.54) is 25.7 Å². The van der Waals surface area contributed by atoms with Crippen LogP contribution in [0.2, 0.25) is 0 Å². The standard InChI is InChI=1S/C30H43NO4/c1-18(2)15-26(31)28(33)35-21-11-13-29(3)20(16-21)6-7-22-24-9-8-23(19-5-10-27(32)34-17-19)30(24,4)14-12-25(22)29/h5,9-10,17-18,20-23,25-26H,6-8,11-16,31H2,1-4H3. The highest BCUT2D eigenvalue weighted by Gasteiger charge is 2.58. The lowest BCUT2D eigenvalue weighted by Gasteiger charge is -2.59. The van der Waals surface area contributed by atoms with Gasteiger partial charge in [0.05, 0.1) is 6.26 Å². The molecule has 4 aliphatic carbocycles. The maximum absolute atomic E-state index is 12.6. The quantitative estimate of drug-likeness (QED) is 0.414. The predicted molar refractivity (Wildman–Crippen MR) is 137 cm³/mol. The van der Waals surface area contributed by atoms with Gasteiger partial charge in [0.25, 0.3) is 0 Å². The van der Waals surface area contributed by atoms with Crippen LogP contribution in [0.15, 0.2) is 39.3 Å². The highest BCUT2D eigenvalue weighted by atomic mass is 16.5. The Morgan fingerprint density at radius 2 is 1.97 bits per heavy atom. The van der Waals surface area contributed by atoms with E-state index in [4.69, 9.17) is 14.9 Å². The van der Waals surface area contributed by atoms with Crippen molar-refractivity contribution in [2.75, 3.05) is 0 Å². The van der Waals surface area contributed by atoms with E-state index in [-0.39, 0.29) is 23.1 Å². The molecule has 4 aliphatic rings. The molecule has 2 N–H and O–H groups in total. The number of hydrogen-bond donors (Lipinski definition) is 1. The van der Waals surface area contributed by atoms with Crippen molar-refractivity contribution in [2.24, 2.45) is 40.2 Å². The lowest BCUT2D eigenvalue weighted by atomic mass is 9.46. The van der Waals surface area contributed by atoms with E-state index in [9.17, 15) is 9.59 Å². The van der Waals surface area contributed by atoms with Crippen LogP contribution < -0.4 is 11.4 Å². The SMILES string of the molecule is CC(C)CC(N)C(=O)OC1CCC2(C)C(CCC3C4=CCC(c5ccc(=O)oc5)C4(C)CCC32)C1. The van der Waals surface area contributed by atoms with Crippen molar-refractivity contribution in [3.05, 3.63) is 46.0 Å². The molecule has 1 aromatic rings. The second kappa shape index (κ2) is 9.21. The summed E-state index contributed by atoms with van der Waals surface area (Å²) < 4.78 is 11.2. The summed E-state index contributed by atoms with van der Waals surface area (Å²) in [5.74, 6) is 2.54. The van der Waals surface area contributed by atoms with Crippen molar-refractivity contribution >= 4 is 5.97 Å². The molecule has 0 aromatic carbocycles. The molecule has 192 valence electrons. The van der Waals surface area contributed by atoms with Gasteiger partial charge in [0.1, 0.15) is 12.1 Å². The molecule has 0 saturated heterocycles. The first-order valence-electron chi connectivity index (χ1n) is 13.9. The zero-order chi connectivity index (χ0) is 25.0. The van der Waals surface area contributed by atoms with E-state index in [0.29, 0.717) is 41.4 Å². The third kappa shape index (κ3) is 4.32. The van der Waals surface area contributed by atoms with E-state index in [0.717, 1.165) is 31.2 Å². The summed E-state index contributed by atoms with van der Waals surface area (Å²) in [6.07, 6.45) is 13.9. The molecule has 5 heteroatoms. The molecule has 8 unspecified atom stereocenters. The Bertz CT molecular complexity index is 1020. The average molecular weight is 482 g/mol. The molecular weight excluding hydrogens is 438 g/mol. The van der Waals surface area contributed by atoms with Crippen molar-refractivity contribution in [3.8, 4) is 0 Å². The van der Waals surface area contributed by atoms with Crippen LogP contribution in [0.1, 0.15) is 97.0 Å². The summed E-state index contributed by atoms with van der Waals surface area (Å²) in [5.41, 5.74) is 9.12. The van der Waals surface area contributed by atoms with Crippen molar-refractivity contribution in [1.82, 2.24) is 0 Å². The number of carbonyl (C=O) groups is 1. The van der Waals surface area contributed by atoms with Gasteiger partial charge in [-0.15, -0.1) is 0 Å². The fraction of sp³-hybridized carbons (Fsp3) is 0.733. The third-order valence-corrected chi connectivity index (χ3v) is 10.5. The number of esters is 1. The fourth-order valence-electron chi connectivity index (χ4n) is 8.58. The van der Waals surface area contributed by atoms with Gasteiger partial charge in [-0.2, -0.15) is 0 Å². The number of hydrogen-bond acceptors (Lipinski definition) is 5. The lowest BCUT2D eigenvalue weighted by Crippen LogP contribution is -2.52. The van der Waals surface area contributed by atoms with Crippen LogP contribution in [0, 0.1) is 34.5 Å². The normalized spacial score (nSPS) is 39.3. The summed E-state index contributed by atoms with van der Waals surface area (Å²) in [5, 5.41) is 0. The Hall–Kier alpha value is -1.88. The zero-order valence-electron chi connectivity index (χ0n) is 21.9. The number of rotatable bonds is 5. The smallest absolute Gasteiger partial charge is 0.335 e. The van der Waals surface area contributed by atoms with Crippen LogP contribution in [0.25, 0.3) is 0 Å². The molecule has 0 radical (unpaired) electrons. The van der Waals surface area contributed by atoms with Crippen LogP contribution in [0.4, 0.5) is 0 Å². The minimum atomic E-state index is -0.505. The van der Waals surface area contributed by atoms with Gasteiger partial charge in [0, 0.05) is 6.07 Å². The fourth-order valence-corrected chi connectivity index (χ4v) is 8.58. The van der Waals surface area contributed by atoms with Gasteiger partial charge < -0.3 is 14.9 Å². The summed E-state index contributed by atoms with van der Waals surface area (Å²) >= 11 is 0. The second-order valence-electron chi connectivity index (χ2n) is 12.9. The van der Waals surface area contributed by atoms with Gasteiger partial charge >= 0.3 is 11.6 Å². The largest absolute Gasteiger partial charge is 0.461 e. The number of nitrogens with two attached hydrogens (primary N) is 1. The van der Waals surface area contributed by atoms with Crippen LogP contribution >= 0.6 is 0 Å². The number of allylic oxidation sites excluding steroid dienone is 2. The van der Waals surface area contributed by atoms with E-state index >= 15 is 0 Å². The monoisotopic (exact) mass is 481 g/mol. The summed E-state index contributed by atoms with van der Waals surface area (Å²) in [4.78, 5) is 24.1. The Balaban J connectivity index is 1.27. The topological polar surface area (TPSA) is 82.5 Å². The molecule has 5 nitrogen and oxygen atoms in total. The Morgan fingerprint density at radius 1 is 1.17 bits per heavy atom. The van der Waals surface area contributed by atoms with Crippen LogP contribution in [-0.2, 0) is 9.53 Å². The van der Waals surface area contributed by atoms with Crippen LogP contribution in [0.5, 0.6) is 0 Å². The molecule has 35 heavy (non-hydrogen) atoms. The van der Waals surface area contributed by atoms with Gasteiger partial charge in [-0.25, -0.2) is 4.79 Å². The van der Waals surface area contributed by atoms with Gasteiger partial charge in [0.15, 0.2) is 0 Å². The van der Waals surface area contributed by atoms with Gasteiger partial charge in [-0.3, -0.25) is 4.79 Å². The Morgan fingerprint density at radius 3 is 2.69 bits per heavy atom. The molecule has 8 atom stereocenters. The molecule has 3 saturated carbocycles. The molecule has 3 fully saturated rings. The molecule has 0 aliphatic heterocycles. The third-order valence-electron chi connectivity index (χ3n) is 10.5. The number of fused-ring (bicyclic) bond motifs is 5. The average Bonchev–Trinajstić information content (AvgIpc) is 3.16. The van der Waals surface area contributed by atoms with E-state index in [1.807, 2.05) is 6.07 Å².